The number of nitro groups is 1. The highest BCUT2D eigenvalue weighted by atomic mass is 16.6. The summed E-state index contributed by atoms with van der Waals surface area (Å²) >= 11 is 0. The van der Waals surface area contributed by atoms with Crippen molar-refractivity contribution in [2.45, 2.75) is 13.5 Å². The minimum absolute atomic E-state index is 0.0471. The lowest BCUT2D eigenvalue weighted by Gasteiger charge is -2.06. The number of hydrogen-bond donors (Lipinski definition) is 2. The van der Waals surface area contributed by atoms with Crippen LogP contribution in [0.4, 0.5) is 11.4 Å². The van der Waals surface area contributed by atoms with Gasteiger partial charge in [-0.2, -0.15) is 0 Å². The fraction of sp³-hybridized carbons (Fsp3) is 0.125. The standard InChI is InChI=1S/C16H14N4O3/c1-10(21)15-7-12-6-13(9-18-16(12)19-15)17-8-11-3-2-4-14(5-11)20(22)23/h2-7,9,17H,8H2,1H3,(H,18,19). The third-order valence-corrected chi connectivity index (χ3v) is 3.47. The van der Waals surface area contributed by atoms with E-state index in [-0.39, 0.29) is 11.5 Å². The lowest BCUT2D eigenvalue weighted by molar-refractivity contribution is -0.384. The number of carbonyl (C=O) groups is 1. The van der Waals surface area contributed by atoms with Gasteiger partial charge in [0.1, 0.15) is 5.65 Å². The molecule has 0 unspecified atom stereocenters. The summed E-state index contributed by atoms with van der Waals surface area (Å²) in [6.45, 7) is 1.94. The highest BCUT2D eigenvalue weighted by molar-refractivity contribution is 5.97. The largest absolute Gasteiger partial charge is 0.380 e. The van der Waals surface area contributed by atoms with Crippen LogP contribution < -0.4 is 5.32 Å². The maximum absolute atomic E-state index is 11.4. The molecule has 0 amide bonds. The zero-order valence-electron chi connectivity index (χ0n) is 12.4. The molecule has 3 rings (SSSR count). The third kappa shape index (κ3) is 3.18. The Balaban J connectivity index is 1.77. The normalized spacial score (nSPS) is 10.7. The Kier molecular flexibility index (Phi) is 3.76. The molecule has 0 saturated heterocycles. The van der Waals surface area contributed by atoms with E-state index >= 15 is 0 Å². The number of anilines is 1. The molecule has 0 fully saturated rings. The minimum atomic E-state index is -0.416. The summed E-state index contributed by atoms with van der Waals surface area (Å²) in [5, 5.41) is 14.8. The second-order valence-corrected chi connectivity index (χ2v) is 5.18. The van der Waals surface area contributed by atoms with E-state index in [9.17, 15) is 14.9 Å². The van der Waals surface area contributed by atoms with Crippen molar-refractivity contribution in [3.05, 3.63) is 64.0 Å². The first kappa shape index (κ1) is 14.7. The molecule has 0 radical (unpaired) electrons. The van der Waals surface area contributed by atoms with Crippen molar-refractivity contribution in [3.8, 4) is 0 Å². The van der Waals surface area contributed by atoms with E-state index in [1.165, 1.54) is 19.1 Å². The number of nitrogens with one attached hydrogen (secondary N) is 2. The van der Waals surface area contributed by atoms with Gasteiger partial charge in [0.2, 0.25) is 0 Å². The molecule has 0 spiro atoms. The van der Waals surface area contributed by atoms with Gasteiger partial charge >= 0.3 is 0 Å². The lowest BCUT2D eigenvalue weighted by Crippen LogP contribution is -2.00. The summed E-state index contributed by atoms with van der Waals surface area (Å²) < 4.78 is 0. The fourth-order valence-electron chi connectivity index (χ4n) is 2.29. The predicted molar refractivity (Wildman–Crippen MR) is 86.5 cm³/mol. The van der Waals surface area contributed by atoms with Crippen molar-refractivity contribution in [2.75, 3.05) is 5.32 Å². The van der Waals surface area contributed by atoms with Crippen molar-refractivity contribution >= 4 is 28.2 Å². The van der Waals surface area contributed by atoms with Crippen molar-refractivity contribution in [1.82, 2.24) is 9.97 Å². The molecule has 3 aromatic rings. The second-order valence-electron chi connectivity index (χ2n) is 5.18. The molecule has 23 heavy (non-hydrogen) atoms. The van der Waals surface area contributed by atoms with Gasteiger partial charge in [-0.05, 0) is 17.7 Å². The number of benzene rings is 1. The minimum Gasteiger partial charge on any atom is -0.380 e. The first-order valence-corrected chi connectivity index (χ1v) is 7.00. The van der Waals surface area contributed by atoms with E-state index in [1.807, 2.05) is 12.1 Å². The van der Waals surface area contributed by atoms with E-state index in [0.717, 1.165) is 16.6 Å². The van der Waals surface area contributed by atoms with E-state index in [1.54, 1.807) is 18.3 Å². The van der Waals surface area contributed by atoms with E-state index in [0.29, 0.717) is 17.9 Å². The van der Waals surface area contributed by atoms with E-state index < -0.39 is 4.92 Å². The second kappa shape index (κ2) is 5.88. The monoisotopic (exact) mass is 310 g/mol. The molecule has 0 saturated carbocycles. The smallest absolute Gasteiger partial charge is 0.269 e. The summed E-state index contributed by atoms with van der Waals surface area (Å²) in [5.74, 6) is -0.0471. The predicted octanol–water partition coefficient (Wildman–Crippen LogP) is 3.29. The van der Waals surface area contributed by atoms with Gasteiger partial charge in [0, 0.05) is 31.0 Å². The van der Waals surface area contributed by atoms with Gasteiger partial charge in [-0.1, -0.05) is 12.1 Å². The van der Waals surface area contributed by atoms with Crippen LogP contribution >= 0.6 is 0 Å². The molecule has 0 bridgehead atoms. The molecule has 7 heteroatoms. The number of carbonyl (C=O) groups excluding carboxylic acids is 1. The molecular formula is C16H14N4O3. The van der Waals surface area contributed by atoms with Crippen LogP contribution in [0.1, 0.15) is 23.0 Å². The number of non-ortho nitro benzene ring substituents is 1. The van der Waals surface area contributed by atoms with Crippen LogP contribution in [0.3, 0.4) is 0 Å². The lowest BCUT2D eigenvalue weighted by atomic mass is 10.2. The summed E-state index contributed by atoms with van der Waals surface area (Å²) in [5.41, 5.74) is 2.81. The first-order valence-electron chi connectivity index (χ1n) is 7.00. The van der Waals surface area contributed by atoms with Crippen LogP contribution in [0.25, 0.3) is 11.0 Å². The number of rotatable bonds is 5. The molecule has 116 valence electrons. The molecule has 0 aliphatic heterocycles. The van der Waals surface area contributed by atoms with Crippen LogP contribution in [0.15, 0.2) is 42.6 Å². The molecule has 1 aromatic carbocycles. The van der Waals surface area contributed by atoms with Crippen LogP contribution in [-0.4, -0.2) is 20.7 Å². The van der Waals surface area contributed by atoms with Crippen LogP contribution in [0.2, 0.25) is 0 Å². The van der Waals surface area contributed by atoms with Crippen LogP contribution in [0.5, 0.6) is 0 Å². The molecule has 2 aromatic heterocycles. The maximum atomic E-state index is 11.4. The molecule has 2 N–H and O–H groups in total. The van der Waals surface area contributed by atoms with Gasteiger partial charge in [-0.3, -0.25) is 14.9 Å². The van der Waals surface area contributed by atoms with Gasteiger partial charge in [0.05, 0.1) is 22.5 Å². The number of hydrogen-bond acceptors (Lipinski definition) is 5. The number of aromatic amines is 1. The Hall–Kier alpha value is -3.22. The number of H-pyrrole nitrogens is 1. The zero-order chi connectivity index (χ0) is 16.4. The van der Waals surface area contributed by atoms with Gasteiger partial charge in [-0.25, -0.2) is 4.98 Å². The van der Waals surface area contributed by atoms with Crippen molar-refractivity contribution in [2.24, 2.45) is 0 Å². The molecular weight excluding hydrogens is 296 g/mol. The Morgan fingerprint density at radius 1 is 1.35 bits per heavy atom. The van der Waals surface area contributed by atoms with Gasteiger partial charge in [0.15, 0.2) is 5.78 Å². The Labute approximate surface area is 131 Å². The maximum Gasteiger partial charge on any atom is 0.269 e. The van der Waals surface area contributed by atoms with Crippen molar-refractivity contribution in [3.63, 3.8) is 0 Å². The first-order chi connectivity index (χ1) is 11.0. The summed E-state index contributed by atoms with van der Waals surface area (Å²) in [6, 6.07) is 10.1. The summed E-state index contributed by atoms with van der Waals surface area (Å²) in [7, 11) is 0. The zero-order valence-corrected chi connectivity index (χ0v) is 12.4. The quantitative estimate of drug-likeness (QED) is 0.428. The fourth-order valence-corrected chi connectivity index (χ4v) is 2.29. The third-order valence-electron chi connectivity index (χ3n) is 3.47. The number of ketones is 1. The molecule has 2 heterocycles. The molecule has 0 aliphatic carbocycles. The highest BCUT2D eigenvalue weighted by Crippen LogP contribution is 2.19. The Morgan fingerprint density at radius 2 is 2.17 bits per heavy atom. The number of nitrogens with zero attached hydrogens (tertiary/aromatic N) is 2. The topological polar surface area (TPSA) is 101 Å². The number of pyridine rings is 1. The molecule has 0 atom stereocenters. The molecule has 7 nitrogen and oxygen atoms in total. The van der Waals surface area contributed by atoms with Crippen LogP contribution in [-0.2, 0) is 6.54 Å². The number of nitro benzene ring substituents is 1. The average molecular weight is 310 g/mol. The highest BCUT2D eigenvalue weighted by Gasteiger charge is 2.08. The Morgan fingerprint density at radius 3 is 2.91 bits per heavy atom. The molecule has 0 aliphatic rings. The van der Waals surface area contributed by atoms with Crippen molar-refractivity contribution < 1.29 is 9.72 Å². The number of fused-ring (bicyclic) bond motifs is 1. The van der Waals surface area contributed by atoms with Crippen molar-refractivity contribution in [1.29, 1.82) is 0 Å². The summed E-state index contributed by atoms with van der Waals surface area (Å²) in [4.78, 5) is 28.9. The van der Waals surface area contributed by atoms with Gasteiger partial charge in [0.25, 0.3) is 5.69 Å². The van der Waals surface area contributed by atoms with E-state index in [2.05, 4.69) is 15.3 Å². The van der Waals surface area contributed by atoms with E-state index in [4.69, 9.17) is 0 Å². The van der Waals surface area contributed by atoms with Gasteiger partial charge in [-0.15, -0.1) is 0 Å². The van der Waals surface area contributed by atoms with Crippen LogP contribution in [0, 0.1) is 10.1 Å². The number of Topliss-reactive ketones (excluding diaryl/α,β-unsaturated/α-hetero) is 1. The number of aromatic nitrogens is 2. The Bertz CT molecular complexity index is 901. The summed E-state index contributed by atoms with van der Waals surface area (Å²) in [6.07, 6.45) is 1.65. The SMILES string of the molecule is CC(=O)c1cc2cc(NCc3cccc([N+](=O)[O-])c3)cnc2[nH]1. The average Bonchev–Trinajstić information content (AvgIpc) is 2.96. The van der Waals surface area contributed by atoms with Gasteiger partial charge < -0.3 is 10.3 Å².